The van der Waals surface area contributed by atoms with Crippen molar-refractivity contribution in [1.82, 2.24) is 0 Å². The van der Waals surface area contributed by atoms with Gasteiger partial charge in [-0.2, -0.15) is 0 Å². The molecule has 0 saturated heterocycles. The van der Waals surface area contributed by atoms with E-state index < -0.39 is 0 Å². The maximum atomic E-state index is 12.8. The zero-order valence-corrected chi connectivity index (χ0v) is 13.8. The number of hydrogen-bond acceptors (Lipinski definition) is 3. The van der Waals surface area contributed by atoms with Crippen LogP contribution in [0.15, 0.2) is 0 Å². The van der Waals surface area contributed by atoms with Crippen molar-refractivity contribution in [3.8, 4) is 0 Å². The second kappa shape index (κ2) is 4.66. The van der Waals surface area contributed by atoms with Gasteiger partial charge in [0, 0.05) is 24.2 Å². The van der Waals surface area contributed by atoms with Gasteiger partial charge in [-0.05, 0) is 61.7 Å². The first-order chi connectivity index (χ1) is 10.4. The molecule has 4 aliphatic carbocycles. The van der Waals surface area contributed by atoms with Gasteiger partial charge in [0.05, 0.1) is 6.10 Å². The summed E-state index contributed by atoms with van der Waals surface area (Å²) >= 11 is 0. The Labute approximate surface area is 132 Å². The molecule has 3 heteroatoms. The van der Waals surface area contributed by atoms with Gasteiger partial charge in [0.1, 0.15) is 11.6 Å². The number of hydrogen-bond donors (Lipinski definition) is 1. The molecule has 4 aliphatic rings. The summed E-state index contributed by atoms with van der Waals surface area (Å²) in [5, 5.41) is 10.0. The highest BCUT2D eigenvalue weighted by atomic mass is 16.3. The molecular weight excluding hydrogens is 276 g/mol. The minimum Gasteiger partial charge on any atom is -0.393 e. The monoisotopic (exact) mass is 304 g/mol. The molecular formula is C19H28O3. The van der Waals surface area contributed by atoms with Crippen LogP contribution in [0.2, 0.25) is 0 Å². The van der Waals surface area contributed by atoms with E-state index >= 15 is 0 Å². The zero-order chi connectivity index (χ0) is 15.7. The highest BCUT2D eigenvalue weighted by Gasteiger charge is 2.62. The van der Waals surface area contributed by atoms with Crippen molar-refractivity contribution >= 4 is 11.6 Å². The van der Waals surface area contributed by atoms with Crippen LogP contribution in [0.3, 0.4) is 0 Å². The van der Waals surface area contributed by atoms with E-state index in [0.717, 1.165) is 38.5 Å². The molecule has 122 valence electrons. The Morgan fingerprint density at radius 3 is 2.59 bits per heavy atom. The third-order valence-electron chi connectivity index (χ3n) is 8.14. The lowest BCUT2D eigenvalue weighted by atomic mass is 9.45. The lowest BCUT2D eigenvalue weighted by molar-refractivity contribution is -0.160. The van der Waals surface area contributed by atoms with Crippen molar-refractivity contribution in [2.45, 2.75) is 71.3 Å². The molecule has 0 aromatic carbocycles. The maximum absolute atomic E-state index is 12.8. The fourth-order valence-corrected chi connectivity index (χ4v) is 6.79. The minimum atomic E-state index is -0.291. The molecule has 0 aromatic heterocycles. The number of aliphatic hydroxyl groups is 1. The van der Waals surface area contributed by atoms with Crippen LogP contribution in [-0.4, -0.2) is 22.8 Å². The molecule has 7 atom stereocenters. The van der Waals surface area contributed by atoms with Gasteiger partial charge in [-0.15, -0.1) is 0 Å². The maximum Gasteiger partial charge on any atom is 0.139 e. The van der Waals surface area contributed by atoms with E-state index in [1.165, 1.54) is 0 Å². The van der Waals surface area contributed by atoms with Crippen LogP contribution in [0.4, 0.5) is 0 Å². The van der Waals surface area contributed by atoms with Gasteiger partial charge in [-0.3, -0.25) is 9.59 Å². The molecule has 22 heavy (non-hydrogen) atoms. The summed E-state index contributed by atoms with van der Waals surface area (Å²) in [5.41, 5.74) is -0.0922. The Kier molecular flexibility index (Phi) is 3.15. The van der Waals surface area contributed by atoms with Crippen molar-refractivity contribution < 1.29 is 14.7 Å². The van der Waals surface area contributed by atoms with Gasteiger partial charge in [-0.1, -0.05) is 13.8 Å². The minimum absolute atomic E-state index is 0.0546. The lowest BCUT2D eigenvalue weighted by Crippen LogP contribution is -2.57. The average molecular weight is 304 g/mol. The van der Waals surface area contributed by atoms with Crippen LogP contribution in [0, 0.1) is 34.5 Å². The van der Waals surface area contributed by atoms with Gasteiger partial charge < -0.3 is 5.11 Å². The van der Waals surface area contributed by atoms with Crippen LogP contribution in [-0.2, 0) is 9.59 Å². The first kappa shape index (κ1) is 14.9. The van der Waals surface area contributed by atoms with Crippen molar-refractivity contribution in [3.63, 3.8) is 0 Å². The van der Waals surface area contributed by atoms with E-state index in [-0.39, 0.29) is 22.9 Å². The van der Waals surface area contributed by atoms with Gasteiger partial charge in [0.25, 0.3) is 0 Å². The summed E-state index contributed by atoms with van der Waals surface area (Å²) < 4.78 is 0. The van der Waals surface area contributed by atoms with Crippen LogP contribution >= 0.6 is 0 Å². The van der Waals surface area contributed by atoms with Crippen LogP contribution in [0.1, 0.15) is 65.2 Å². The number of carbonyl (C=O) groups excluding carboxylic acids is 2. The van der Waals surface area contributed by atoms with E-state index in [2.05, 4.69) is 13.8 Å². The van der Waals surface area contributed by atoms with Crippen LogP contribution in [0.25, 0.3) is 0 Å². The van der Waals surface area contributed by atoms with E-state index in [4.69, 9.17) is 0 Å². The van der Waals surface area contributed by atoms with E-state index in [1.54, 1.807) is 0 Å². The average Bonchev–Trinajstić information content (AvgIpc) is 2.77. The summed E-state index contributed by atoms with van der Waals surface area (Å²) in [6, 6.07) is 0. The van der Waals surface area contributed by atoms with Gasteiger partial charge >= 0.3 is 0 Å². The van der Waals surface area contributed by atoms with Crippen LogP contribution in [0.5, 0.6) is 0 Å². The lowest BCUT2D eigenvalue weighted by Gasteiger charge is -2.59. The third kappa shape index (κ3) is 1.78. The quantitative estimate of drug-likeness (QED) is 0.748. The van der Waals surface area contributed by atoms with Crippen molar-refractivity contribution in [2.24, 2.45) is 34.5 Å². The molecule has 4 fully saturated rings. The first-order valence-electron chi connectivity index (χ1n) is 9.10. The number of rotatable bonds is 0. The number of fused-ring (bicyclic) bond motifs is 5. The Morgan fingerprint density at radius 1 is 1.05 bits per heavy atom. The van der Waals surface area contributed by atoms with Crippen molar-refractivity contribution in [2.75, 3.05) is 0 Å². The van der Waals surface area contributed by atoms with E-state index in [9.17, 15) is 14.7 Å². The fraction of sp³-hybridized carbons (Fsp3) is 0.895. The molecule has 4 saturated carbocycles. The molecule has 0 aliphatic heterocycles. The normalized spacial score (nSPS) is 54.6. The number of ketones is 2. The summed E-state index contributed by atoms with van der Waals surface area (Å²) in [6.07, 6.45) is 6.67. The SMILES string of the molecule is C[C@]12CC[C@H](O)CC1C(=O)C[C@@H]1[C@@H]2CC[C@]2(C)C(=O)CC[C@@H]12. The van der Waals surface area contributed by atoms with Crippen molar-refractivity contribution in [1.29, 1.82) is 0 Å². The van der Waals surface area contributed by atoms with Gasteiger partial charge in [0.2, 0.25) is 0 Å². The molecule has 3 nitrogen and oxygen atoms in total. The Hall–Kier alpha value is -0.700. The third-order valence-corrected chi connectivity index (χ3v) is 8.14. The Morgan fingerprint density at radius 2 is 1.82 bits per heavy atom. The molecule has 0 radical (unpaired) electrons. The summed E-state index contributed by atoms with van der Waals surface area (Å²) in [7, 11) is 0. The van der Waals surface area contributed by atoms with Crippen molar-refractivity contribution in [3.05, 3.63) is 0 Å². The zero-order valence-electron chi connectivity index (χ0n) is 13.8. The highest BCUT2D eigenvalue weighted by Crippen LogP contribution is 2.64. The predicted octanol–water partition coefficient (Wildman–Crippen LogP) is 3.14. The topological polar surface area (TPSA) is 54.4 Å². The van der Waals surface area contributed by atoms with Gasteiger partial charge in [0.15, 0.2) is 0 Å². The summed E-state index contributed by atoms with van der Waals surface area (Å²) in [6.45, 7) is 4.46. The molecule has 4 rings (SSSR count). The fourth-order valence-electron chi connectivity index (χ4n) is 6.79. The number of Topliss-reactive ketones (excluding diaryl/α,β-unsaturated/α-hetero) is 2. The molecule has 0 amide bonds. The van der Waals surface area contributed by atoms with E-state index in [0.29, 0.717) is 42.2 Å². The Balaban J connectivity index is 1.69. The molecule has 0 spiro atoms. The molecule has 0 heterocycles. The van der Waals surface area contributed by atoms with Gasteiger partial charge in [-0.25, -0.2) is 0 Å². The predicted molar refractivity (Wildman–Crippen MR) is 83.1 cm³/mol. The summed E-state index contributed by atoms with van der Waals surface area (Å²) in [5.74, 6) is 2.27. The Bertz CT molecular complexity index is 527. The van der Waals surface area contributed by atoms with E-state index in [1.807, 2.05) is 0 Å². The second-order valence-corrected chi connectivity index (χ2v) is 8.95. The first-order valence-corrected chi connectivity index (χ1v) is 9.10. The molecule has 1 unspecified atom stereocenters. The second-order valence-electron chi connectivity index (χ2n) is 8.95. The molecule has 1 N–H and O–H groups in total. The van der Waals surface area contributed by atoms with Crippen LogP contribution < -0.4 is 0 Å². The standard InChI is InChI=1S/C19H28O3/c1-18-7-5-11(20)9-15(18)16(21)10-12-13-3-4-17(22)19(13,2)8-6-14(12)18/h11-15,20H,3-10H2,1-2H3/t11-,12-,13-,14-,15?,18+,19-/m0/s1. The molecule has 0 bridgehead atoms. The number of aliphatic hydroxyl groups excluding tert-OH is 1. The summed E-state index contributed by atoms with van der Waals surface area (Å²) in [4.78, 5) is 25.2. The highest BCUT2D eigenvalue weighted by molar-refractivity contribution is 5.88. The smallest absolute Gasteiger partial charge is 0.139 e. The largest absolute Gasteiger partial charge is 0.393 e. The molecule has 0 aromatic rings. The number of carbonyl (C=O) groups is 2.